The molecule has 9 heteroatoms. The maximum atomic E-state index is 6.17. The lowest BCUT2D eigenvalue weighted by molar-refractivity contribution is 0.509. The molecule has 0 fully saturated rings. The molecule has 4 rings (SSSR count). The van der Waals surface area contributed by atoms with Crippen molar-refractivity contribution in [1.29, 1.82) is 0 Å². The first kappa shape index (κ1) is 17.6. The van der Waals surface area contributed by atoms with E-state index in [1.807, 2.05) is 49.4 Å². The highest BCUT2D eigenvalue weighted by atomic mass is 35.5. The molecule has 1 atom stereocenters. The van der Waals surface area contributed by atoms with Crippen molar-refractivity contribution < 1.29 is 4.42 Å². The van der Waals surface area contributed by atoms with Crippen molar-refractivity contribution in [2.75, 3.05) is 5.84 Å². The second-order valence-corrected chi connectivity index (χ2v) is 7.50. The molecule has 0 saturated carbocycles. The zero-order chi connectivity index (χ0) is 18.8. The van der Waals surface area contributed by atoms with Gasteiger partial charge in [-0.3, -0.25) is 0 Å². The molecule has 4 aromatic rings. The fourth-order valence-corrected chi connectivity index (χ4v) is 3.38. The third-order valence-corrected chi connectivity index (χ3v) is 5.15. The first-order valence-corrected chi connectivity index (χ1v) is 9.39. The lowest BCUT2D eigenvalue weighted by Gasteiger charge is -2.06. The Kier molecular flexibility index (Phi) is 4.83. The molecule has 2 heterocycles. The van der Waals surface area contributed by atoms with E-state index in [9.17, 15) is 0 Å². The lowest BCUT2D eigenvalue weighted by atomic mass is 10.2. The van der Waals surface area contributed by atoms with Gasteiger partial charge < -0.3 is 10.3 Å². The molecule has 7 nitrogen and oxygen atoms in total. The quantitative estimate of drug-likeness (QED) is 0.397. The molecule has 0 saturated heterocycles. The summed E-state index contributed by atoms with van der Waals surface area (Å²) >= 11 is 7.32. The molecule has 136 valence electrons. The smallest absolute Gasteiger partial charge is 0.247 e. The Balaban J connectivity index is 1.53. The van der Waals surface area contributed by atoms with E-state index < -0.39 is 0 Å². The standard InChI is InChI=1S/C18H15ClN6OS/c1-11(16-22-23-17(26-16)13-5-3-2-4-6-13)27-18-24-21-15(25(18)20)12-7-9-14(19)10-8-12/h2-11H,20H2,1H3. The molecular weight excluding hydrogens is 384 g/mol. The van der Waals surface area contributed by atoms with Crippen molar-refractivity contribution in [1.82, 2.24) is 25.1 Å². The van der Waals surface area contributed by atoms with Crippen molar-refractivity contribution in [2.45, 2.75) is 17.3 Å². The molecule has 27 heavy (non-hydrogen) atoms. The van der Waals surface area contributed by atoms with Crippen LogP contribution in [0.3, 0.4) is 0 Å². The molecule has 0 radical (unpaired) electrons. The zero-order valence-electron chi connectivity index (χ0n) is 14.3. The van der Waals surface area contributed by atoms with Crippen LogP contribution in [0.4, 0.5) is 0 Å². The second kappa shape index (κ2) is 7.42. The highest BCUT2D eigenvalue weighted by Crippen LogP contribution is 2.34. The fraction of sp³-hybridized carbons (Fsp3) is 0.111. The number of aromatic nitrogens is 5. The van der Waals surface area contributed by atoms with Crippen molar-refractivity contribution >= 4 is 23.4 Å². The first-order chi connectivity index (χ1) is 13.1. The first-order valence-electron chi connectivity index (χ1n) is 8.13. The third kappa shape index (κ3) is 3.67. The van der Waals surface area contributed by atoms with E-state index in [-0.39, 0.29) is 5.25 Å². The molecule has 2 aromatic carbocycles. The Morgan fingerprint density at radius 2 is 1.70 bits per heavy atom. The van der Waals surface area contributed by atoms with Crippen LogP contribution in [0.1, 0.15) is 18.1 Å². The van der Waals surface area contributed by atoms with E-state index in [0.717, 1.165) is 11.1 Å². The molecule has 0 aliphatic heterocycles. The number of nitrogens with zero attached hydrogens (tertiary/aromatic N) is 5. The zero-order valence-corrected chi connectivity index (χ0v) is 15.9. The number of hydrogen-bond acceptors (Lipinski definition) is 7. The van der Waals surface area contributed by atoms with Gasteiger partial charge in [0.1, 0.15) is 0 Å². The molecule has 1 unspecified atom stereocenters. The largest absolute Gasteiger partial charge is 0.419 e. The molecular formula is C18H15ClN6OS. The summed E-state index contributed by atoms with van der Waals surface area (Å²) in [5.41, 5.74) is 1.71. The van der Waals surface area contributed by atoms with Gasteiger partial charge in [-0.1, -0.05) is 41.6 Å². The second-order valence-electron chi connectivity index (χ2n) is 5.75. The molecule has 2 aromatic heterocycles. The van der Waals surface area contributed by atoms with Crippen LogP contribution in [0.5, 0.6) is 0 Å². The van der Waals surface area contributed by atoms with Gasteiger partial charge in [0.05, 0.1) is 5.25 Å². The number of nitrogen functional groups attached to an aromatic ring is 1. The van der Waals surface area contributed by atoms with E-state index in [1.165, 1.54) is 16.4 Å². The van der Waals surface area contributed by atoms with Gasteiger partial charge in [-0.2, -0.15) is 0 Å². The van der Waals surface area contributed by atoms with Crippen LogP contribution in [0.25, 0.3) is 22.8 Å². The van der Waals surface area contributed by atoms with Crippen LogP contribution < -0.4 is 5.84 Å². The van der Waals surface area contributed by atoms with Gasteiger partial charge in [0.25, 0.3) is 0 Å². The van der Waals surface area contributed by atoms with Crippen LogP contribution in [-0.2, 0) is 0 Å². The summed E-state index contributed by atoms with van der Waals surface area (Å²) < 4.78 is 7.24. The third-order valence-electron chi connectivity index (χ3n) is 3.86. The summed E-state index contributed by atoms with van der Waals surface area (Å²) in [6.45, 7) is 1.95. The van der Waals surface area contributed by atoms with Gasteiger partial charge in [-0.15, -0.1) is 20.4 Å². The highest BCUT2D eigenvalue weighted by Gasteiger charge is 2.20. The van der Waals surface area contributed by atoms with Crippen LogP contribution in [-0.4, -0.2) is 25.1 Å². The Bertz CT molecular complexity index is 1050. The predicted molar refractivity (Wildman–Crippen MR) is 105 cm³/mol. The Hall–Kier alpha value is -2.84. The van der Waals surface area contributed by atoms with Crippen LogP contribution in [0, 0.1) is 0 Å². The average molecular weight is 399 g/mol. The minimum Gasteiger partial charge on any atom is -0.419 e. The van der Waals surface area contributed by atoms with Gasteiger partial charge in [-0.25, -0.2) is 4.68 Å². The molecule has 0 amide bonds. The van der Waals surface area contributed by atoms with E-state index >= 15 is 0 Å². The minimum atomic E-state index is -0.139. The van der Waals surface area contributed by atoms with Crippen molar-refractivity contribution in [3.63, 3.8) is 0 Å². The number of halogens is 1. The van der Waals surface area contributed by atoms with Crippen LogP contribution in [0.15, 0.2) is 64.2 Å². The van der Waals surface area contributed by atoms with Crippen LogP contribution >= 0.6 is 23.4 Å². The molecule has 0 aliphatic carbocycles. The van der Waals surface area contributed by atoms with E-state index in [4.69, 9.17) is 21.9 Å². The summed E-state index contributed by atoms with van der Waals surface area (Å²) in [7, 11) is 0. The van der Waals surface area contributed by atoms with E-state index in [1.54, 1.807) is 12.1 Å². The normalized spacial score (nSPS) is 12.2. The number of benzene rings is 2. The maximum Gasteiger partial charge on any atom is 0.247 e. The SMILES string of the molecule is CC(Sc1nnc(-c2ccc(Cl)cc2)n1N)c1nnc(-c2ccccc2)o1. The van der Waals surface area contributed by atoms with Gasteiger partial charge >= 0.3 is 0 Å². The van der Waals surface area contributed by atoms with Crippen molar-refractivity contribution in [3.8, 4) is 22.8 Å². The highest BCUT2D eigenvalue weighted by molar-refractivity contribution is 7.99. The Morgan fingerprint density at radius 1 is 0.963 bits per heavy atom. The van der Waals surface area contributed by atoms with Gasteiger partial charge in [0.2, 0.25) is 16.9 Å². The molecule has 0 bridgehead atoms. The van der Waals surface area contributed by atoms with E-state index in [0.29, 0.717) is 27.8 Å². The summed E-state index contributed by atoms with van der Waals surface area (Å²) in [5.74, 6) is 7.70. The van der Waals surface area contributed by atoms with Gasteiger partial charge in [0.15, 0.2) is 5.82 Å². The summed E-state index contributed by atoms with van der Waals surface area (Å²) in [6, 6.07) is 16.9. The van der Waals surface area contributed by atoms with Gasteiger partial charge in [0, 0.05) is 16.1 Å². The number of nitrogens with two attached hydrogens (primary N) is 1. The summed E-state index contributed by atoms with van der Waals surface area (Å²) in [5, 5.41) is 17.7. The topological polar surface area (TPSA) is 95.7 Å². The number of rotatable bonds is 5. The predicted octanol–water partition coefficient (Wildman–Crippen LogP) is 4.22. The van der Waals surface area contributed by atoms with Crippen molar-refractivity contribution in [2.24, 2.45) is 0 Å². The van der Waals surface area contributed by atoms with E-state index in [2.05, 4.69) is 20.4 Å². The Labute approximate surface area is 164 Å². The number of thioether (sulfide) groups is 1. The molecule has 2 N–H and O–H groups in total. The van der Waals surface area contributed by atoms with Crippen molar-refractivity contribution in [3.05, 3.63) is 65.5 Å². The lowest BCUT2D eigenvalue weighted by Crippen LogP contribution is -2.12. The maximum absolute atomic E-state index is 6.17. The van der Waals surface area contributed by atoms with Gasteiger partial charge in [-0.05, 0) is 43.3 Å². The minimum absolute atomic E-state index is 0.139. The fourth-order valence-electron chi connectivity index (χ4n) is 2.46. The van der Waals surface area contributed by atoms with Crippen LogP contribution in [0.2, 0.25) is 5.02 Å². The summed E-state index contributed by atoms with van der Waals surface area (Å²) in [6.07, 6.45) is 0. The summed E-state index contributed by atoms with van der Waals surface area (Å²) in [4.78, 5) is 0. The molecule has 0 aliphatic rings. The monoisotopic (exact) mass is 398 g/mol. The Morgan fingerprint density at radius 3 is 2.44 bits per heavy atom. The average Bonchev–Trinajstić information content (AvgIpc) is 3.31. The number of hydrogen-bond donors (Lipinski definition) is 1. The molecule has 0 spiro atoms.